The fourth-order valence-corrected chi connectivity index (χ4v) is 5.46. The number of halogens is 1. The second-order valence-corrected chi connectivity index (χ2v) is 8.83. The fraction of sp³-hybridized carbons (Fsp3) is 0.381. The number of pyridine rings is 1. The van der Waals surface area contributed by atoms with E-state index < -0.39 is 6.17 Å². The van der Waals surface area contributed by atoms with Crippen LogP contribution in [0.4, 0.5) is 4.39 Å². The molecule has 0 aliphatic carbocycles. The van der Waals surface area contributed by atoms with Gasteiger partial charge in [0.15, 0.2) is 0 Å². The largest absolute Gasteiger partial charge is 0.507 e. The summed E-state index contributed by atoms with van der Waals surface area (Å²) in [5.74, 6) is 0.144. The number of benzene rings is 1. The van der Waals surface area contributed by atoms with Crippen molar-refractivity contribution in [2.45, 2.75) is 54.2 Å². The summed E-state index contributed by atoms with van der Waals surface area (Å²) < 4.78 is 14.8. The minimum Gasteiger partial charge on any atom is -0.507 e. The molecule has 5 rings (SSSR count). The summed E-state index contributed by atoms with van der Waals surface area (Å²) in [6.45, 7) is 0. The third-order valence-corrected chi connectivity index (χ3v) is 6.91. The summed E-state index contributed by atoms with van der Waals surface area (Å²) in [7, 11) is 0. The number of phenols is 1. The second-order valence-electron chi connectivity index (χ2n) is 7.57. The van der Waals surface area contributed by atoms with Crippen LogP contribution in [0, 0.1) is 0 Å². The molecule has 2 fully saturated rings. The van der Waals surface area contributed by atoms with E-state index in [-0.39, 0.29) is 17.0 Å². The molecule has 3 aromatic rings. The predicted molar refractivity (Wildman–Crippen MR) is 108 cm³/mol. The van der Waals surface area contributed by atoms with Crippen molar-refractivity contribution in [2.24, 2.45) is 0 Å². The number of fused-ring (bicyclic) bond motifs is 3. The van der Waals surface area contributed by atoms with Gasteiger partial charge in [0.1, 0.15) is 16.9 Å². The van der Waals surface area contributed by atoms with Crippen molar-refractivity contribution in [1.29, 1.82) is 0 Å². The summed E-state index contributed by atoms with van der Waals surface area (Å²) in [5.41, 5.74) is 1.22. The SMILES string of the molecule is Oc1cc2cnccc2cc1-c1cnc(S[C@@H]2CC3CCCC(N3)[C@H]2F)cn1. The van der Waals surface area contributed by atoms with Crippen LogP contribution in [0.25, 0.3) is 22.0 Å². The number of aromatic hydroxyl groups is 1. The number of alkyl halides is 1. The zero-order valence-corrected chi connectivity index (χ0v) is 16.1. The van der Waals surface area contributed by atoms with Gasteiger partial charge >= 0.3 is 0 Å². The molecular formula is C21H21FN4OS. The molecule has 2 aliphatic rings. The van der Waals surface area contributed by atoms with Gasteiger partial charge in [0.25, 0.3) is 0 Å². The first-order chi connectivity index (χ1) is 13.7. The summed E-state index contributed by atoms with van der Waals surface area (Å²) in [5, 5.41) is 16.3. The van der Waals surface area contributed by atoms with Gasteiger partial charge in [0.05, 0.1) is 18.1 Å². The van der Waals surface area contributed by atoms with Crippen molar-refractivity contribution in [1.82, 2.24) is 20.3 Å². The molecule has 0 spiro atoms. The van der Waals surface area contributed by atoms with E-state index in [1.165, 1.54) is 11.8 Å². The summed E-state index contributed by atoms with van der Waals surface area (Å²) >= 11 is 1.48. The van der Waals surface area contributed by atoms with Crippen LogP contribution in [-0.2, 0) is 0 Å². The molecule has 2 saturated heterocycles. The van der Waals surface area contributed by atoms with E-state index in [4.69, 9.17) is 0 Å². The Kier molecular flexibility index (Phi) is 4.64. The Balaban J connectivity index is 1.37. The highest BCUT2D eigenvalue weighted by molar-refractivity contribution is 7.99. The van der Waals surface area contributed by atoms with Gasteiger partial charge in [-0.25, -0.2) is 9.37 Å². The van der Waals surface area contributed by atoms with Crippen LogP contribution in [-0.4, -0.2) is 43.6 Å². The standard InChI is InChI=1S/C21H21FN4OS/c22-21-16-3-1-2-14(26-16)8-19(21)28-20-11-24-17(10-25-20)15-6-12-4-5-23-9-13(12)7-18(15)27/h4-7,9-11,14,16,19,21,26-27H,1-3,8H2/t14?,16?,19-,21-/m1/s1. The zero-order valence-electron chi connectivity index (χ0n) is 15.3. The normalized spacial score (nSPS) is 27.0. The highest BCUT2D eigenvalue weighted by Crippen LogP contribution is 2.38. The van der Waals surface area contributed by atoms with Gasteiger partial charge in [-0.2, -0.15) is 0 Å². The van der Waals surface area contributed by atoms with Gasteiger partial charge in [0.2, 0.25) is 0 Å². The maximum Gasteiger partial charge on any atom is 0.128 e. The number of nitrogens with one attached hydrogen (secondary N) is 1. The Morgan fingerprint density at radius 1 is 1.11 bits per heavy atom. The number of thioether (sulfide) groups is 1. The molecule has 2 bridgehead atoms. The number of piperidine rings is 2. The number of nitrogens with zero attached hydrogens (tertiary/aromatic N) is 3. The van der Waals surface area contributed by atoms with Gasteiger partial charge in [-0.15, -0.1) is 0 Å². The minimum atomic E-state index is -0.860. The fourth-order valence-electron chi connectivity index (χ4n) is 4.27. The molecule has 0 saturated carbocycles. The van der Waals surface area contributed by atoms with Crippen molar-refractivity contribution < 1.29 is 9.50 Å². The van der Waals surface area contributed by atoms with Crippen molar-refractivity contribution in [2.75, 3.05) is 0 Å². The minimum absolute atomic E-state index is 0.0266. The Labute approximate surface area is 166 Å². The van der Waals surface area contributed by atoms with Crippen molar-refractivity contribution in [3.8, 4) is 17.0 Å². The Morgan fingerprint density at radius 3 is 2.89 bits per heavy atom. The van der Waals surface area contributed by atoms with Crippen LogP contribution in [0.1, 0.15) is 25.7 Å². The van der Waals surface area contributed by atoms with Crippen LogP contribution < -0.4 is 5.32 Å². The maximum atomic E-state index is 14.8. The van der Waals surface area contributed by atoms with Crippen LogP contribution in [0.3, 0.4) is 0 Å². The molecule has 144 valence electrons. The molecule has 0 amide bonds. The molecule has 7 heteroatoms. The van der Waals surface area contributed by atoms with Gasteiger partial charge in [-0.05, 0) is 42.8 Å². The number of hydrogen-bond donors (Lipinski definition) is 2. The monoisotopic (exact) mass is 396 g/mol. The lowest BCUT2D eigenvalue weighted by atomic mass is 9.85. The molecule has 2 N–H and O–H groups in total. The summed E-state index contributed by atoms with van der Waals surface area (Å²) in [6, 6.07) is 5.85. The van der Waals surface area contributed by atoms with Crippen LogP contribution in [0.2, 0.25) is 0 Å². The predicted octanol–water partition coefficient (Wildman–Crippen LogP) is 4.11. The van der Waals surface area contributed by atoms with E-state index in [9.17, 15) is 9.50 Å². The van der Waals surface area contributed by atoms with Gasteiger partial charge in [-0.3, -0.25) is 9.97 Å². The van der Waals surface area contributed by atoms with E-state index in [1.54, 1.807) is 30.9 Å². The highest BCUT2D eigenvalue weighted by atomic mass is 32.2. The van der Waals surface area contributed by atoms with Crippen molar-refractivity contribution >= 4 is 22.5 Å². The Hall–Kier alpha value is -2.25. The van der Waals surface area contributed by atoms with Gasteiger partial charge in [0, 0.05) is 40.7 Å². The average molecular weight is 396 g/mol. The summed E-state index contributed by atoms with van der Waals surface area (Å²) in [6.07, 6.45) is 9.88. The average Bonchev–Trinajstić information content (AvgIpc) is 2.72. The molecule has 4 heterocycles. The Bertz CT molecular complexity index is 999. The molecule has 1 aromatic carbocycles. The van der Waals surface area contributed by atoms with Crippen LogP contribution in [0.5, 0.6) is 5.75 Å². The first-order valence-corrected chi connectivity index (χ1v) is 10.5. The molecule has 2 aliphatic heterocycles. The number of hydrogen-bond acceptors (Lipinski definition) is 6. The first kappa shape index (κ1) is 17.8. The first-order valence-electron chi connectivity index (χ1n) is 9.63. The molecule has 5 nitrogen and oxygen atoms in total. The van der Waals surface area contributed by atoms with E-state index in [0.29, 0.717) is 17.3 Å². The molecule has 4 atom stereocenters. The molecule has 2 unspecified atom stereocenters. The second kappa shape index (κ2) is 7.29. The lowest BCUT2D eigenvalue weighted by Crippen LogP contribution is -2.56. The smallest absolute Gasteiger partial charge is 0.128 e. The highest BCUT2D eigenvalue weighted by Gasteiger charge is 2.40. The van der Waals surface area contributed by atoms with Crippen LogP contribution >= 0.6 is 11.8 Å². The molecule has 0 radical (unpaired) electrons. The Morgan fingerprint density at radius 2 is 2.04 bits per heavy atom. The van der Waals surface area contributed by atoms with E-state index >= 15 is 0 Å². The van der Waals surface area contributed by atoms with E-state index in [2.05, 4.69) is 20.3 Å². The van der Waals surface area contributed by atoms with E-state index in [1.807, 2.05) is 12.1 Å². The number of rotatable bonds is 3. The molecule has 2 aromatic heterocycles. The van der Waals surface area contributed by atoms with Gasteiger partial charge in [-0.1, -0.05) is 18.2 Å². The molecular weight excluding hydrogens is 375 g/mol. The quantitative estimate of drug-likeness (QED) is 0.694. The zero-order chi connectivity index (χ0) is 19.1. The summed E-state index contributed by atoms with van der Waals surface area (Å²) in [4.78, 5) is 13.0. The van der Waals surface area contributed by atoms with Gasteiger partial charge < -0.3 is 10.4 Å². The topological polar surface area (TPSA) is 70.9 Å². The maximum absolute atomic E-state index is 14.8. The number of phenolic OH excluding ortho intramolecular Hbond substituents is 1. The lowest BCUT2D eigenvalue weighted by Gasteiger charge is -2.42. The lowest BCUT2D eigenvalue weighted by molar-refractivity contribution is 0.137. The number of aromatic nitrogens is 3. The third-order valence-electron chi connectivity index (χ3n) is 5.71. The third kappa shape index (κ3) is 3.33. The van der Waals surface area contributed by atoms with Crippen molar-refractivity contribution in [3.63, 3.8) is 0 Å². The molecule has 28 heavy (non-hydrogen) atoms. The van der Waals surface area contributed by atoms with Crippen molar-refractivity contribution in [3.05, 3.63) is 43.0 Å². The van der Waals surface area contributed by atoms with E-state index in [0.717, 1.165) is 41.5 Å². The van der Waals surface area contributed by atoms with Crippen LogP contribution in [0.15, 0.2) is 48.0 Å².